The first kappa shape index (κ1) is 14.0. The molecule has 2 fully saturated rings. The van der Waals surface area contributed by atoms with Gasteiger partial charge in [-0.3, -0.25) is 9.59 Å². The predicted octanol–water partition coefficient (Wildman–Crippen LogP) is 2.14. The van der Waals surface area contributed by atoms with Gasteiger partial charge in [0.2, 0.25) is 5.91 Å². The van der Waals surface area contributed by atoms with Crippen LogP contribution in [0.3, 0.4) is 0 Å². The molecule has 3 rings (SSSR count). The lowest BCUT2D eigenvalue weighted by Crippen LogP contribution is -2.38. The van der Waals surface area contributed by atoms with Crippen molar-refractivity contribution < 1.29 is 23.5 Å². The third-order valence-electron chi connectivity index (χ3n) is 4.06. The topological polar surface area (TPSA) is 57.6 Å². The Balaban J connectivity index is 1.69. The summed E-state index contributed by atoms with van der Waals surface area (Å²) in [5, 5.41) is 8.88. The molecule has 2 aliphatic rings. The molecule has 1 N–H and O–H groups in total. The highest BCUT2D eigenvalue weighted by atomic mass is 19.2. The monoisotopic (exact) mass is 295 g/mol. The van der Waals surface area contributed by atoms with Crippen LogP contribution in [-0.2, 0) is 9.59 Å². The minimum atomic E-state index is -1.03. The number of benzene rings is 1. The van der Waals surface area contributed by atoms with Crippen LogP contribution in [0.2, 0.25) is 0 Å². The number of hydrogen-bond acceptors (Lipinski definition) is 2. The Hall–Kier alpha value is -1.98. The van der Waals surface area contributed by atoms with Crippen molar-refractivity contribution in [2.24, 2.45) is 5.92 Å². The summed E-state index contributed by atoms with van der Waals surface area (Å²) in [6.45, 7) is -0.287. The van der Waals surface area contributed by atoms with E-state index in [0.717, 1.165) is 25.0 Å². The molecule has 4 nitrogen and oxygen atoms in total. The number of nitrogens with zero attached hydrogens (tertiary/aromatic N) is 1. The third kappa shape index (κ3) is 2.89. The zero-order valence-electron chi connectivity index (χ0n) is 11.3. The first-order valence-corrected chi connectivity index (χ1v) is 6.94. The van der Waals surface area contributed by atoms with Gasteiger partial charge in [0.1, 0.15) is 6.54 Å². The molecule has 112 valence electrons. The molecule has 2 atom stereocenters. The summed E-state index contributed by atoms with van der Waals surface area (Å²) < 4.78 is 26.1. The standard InChI is InChI=1S/C15H15F2NO3/c16-12-4-1-8(5-13(12)17)10-6-11(10)15(21)18(7-14(19)20)9-2-3-9/h1,4-5,9-11H,2-3,6-7H2,(H,19,20)/t10-,11+/m1/s1. The Kier molecular flexibility index (Phi) is 3.39. The zero-order valence-corrected chi connectivity index (χ0v) is 11.3. The van der Waals surface area contributed by atoms with E-state index in [0.29, 0.717) is 12.0 Å². The number of carboxylic acids is 1. The van der Waals surface area contributed by atoms with E-state index in [9.17, 15) is 18.4 Å². The van der Waals surface area contributed by atoms with Crippen LogP contribution in [0, 0.1) is 17.6 Å². The van der Waals surface area contributed by atoms with Gasteiger partial charge in [0.25, 0.3) is 0 Å². The van der Waals surface area contributed by atoms with Crippen molar-refractivity contribution in [1.82, 2.24) is 4.90 Å². The lowest BCUT2D eigenvalue weighted by Gasteiger charge is -2.20. The van der Waals surface area contributed by atoms with Crippen molar-refractivity contribution in [1.29, 1.82) is 0 Å². The lowest BCUT2D eigenvalue weighted by atomic mass is 10.1. The van der Waals surface area contributed by atoms with Crippen LogP contribution in [0.25, 0.3) is 0 Å². The molecule has 6 heteroatoms. The number of carbonyl (C=O) groups excluding carboxylic acids is 1. The lowest BCUT2D eigenvalue weighted by molar-refractivity contribution is -0.145. The number of carbonyl (C=O) groups is 2. The molecule has 0 unspecified atom stereocenters. The second-order valence-corrected chi connectivity index (χ2v) is 5.71. The first-order valence-electron chi connectivity index (χ1n) is 6.94. The zero-order chi connectivity index (χ0) is 15.1. The Morgan fingerprint density at radius 2 is 1.95 bits per heavy atom. The Morgan fingerprint density at radius 1 is 1.24 bits per heavy atom. The van der Waals surface area contributed by atoms with E-state index in [4.69, 9.17) is 5.11 Å². The molecule has 0 spiro atoms. The Bertz CT molecular complexity index is 601. The highest BCUT2D eigenvalue weighted by Gasteiger charge is 2.48. The quantitative estimate of drug-likeness (QED) is 0.905. The van der Waals surface area contributed by atoms with Gasteiger partial charge in [-0.25, -0.2) is 8.78 Å². The molecule has 0 saturated heterocycles. The van der Waals surface area contributed by atoms with Gasteiger partial charge in [0.05, 0.1) is 0 Å². The van der Waals surface area contributed by atoms with Crippen LogP contribution in [0.1, 0.15) is 30.7 Å². The molecule has 1 amide bonds. The van der Waals surface area contributed by atoms with Crippen LogP contribution >= 0.6 is 0 Å². The van der Waals surface area contributed by atoms with Crippen molar-refractivity contribution in [3.05, 3.63) is 35.4 Å². The van der Waals surface area contributed by atoms with Gasteiger partial charge in [0.15, 0.2) is 11.6 Å². The van der Waals surface area contributed by atoms with Gasteiger partial charge in [0, 0.05) is 12.0 Å². The van der Waals surface area contributed by atoms with Crippen molar-refractivity contribution in [2.75, 3.05) is 6.54 Å². The van der Waals surface area contributed by atoms with Gasteiger partial charge in [-0.1, -0.05) is 6.07 Å². The van der Waals surface area contributed by atoms with E-state index in [1.165, 1.54) is 11.0 Å². The van der Waals surface area contributed by atoms with E-state index in [-0.39, 0.29) is 30.3 Å². The molecule has 0 radical (unpaired) electrons. The fourth-order valence-corrected chi connectivity index (χ4v) is 2.71. The van der Waals surface area contributed by atoms with E-state index >= 15 is 0 Å². The smallest absolute Gasteiger partial charge is 0.323 e. The van der Waals surface area contributed by atoms with Crippen molar-refractivity contribution in [2.45, 2.75) is 31.2 Å². The molecule has 0 bridgehead atoms. The molecule has 0 aliphatic heterocycles. The van der Waals surface area contributed by atoms with Gasteiger partial charge in [-0.05, 0) is 42.9 Å². The minimum Gasteiger partial charge on any atom is -0.480 e. The summed E-state index contributed by atoms with van der Waals surface area (Å²) in [5.74, 6) is -3.49. The maximum absolute atomic E-state index is 13.2. The molecular formula is C15H15F2NO3. The number of amides is 1. The second kappa shape index (κ2) is 5.09. The highest BCUT2D eigenvalue weighted by molar-refractivity contribution is 5.86. The first-order chi connectivity index (χ1) is 9.97. The second-order valence-electron chi connectivity index (χ2n) is 5.71. The maximum atomic E-state index is 13.2. The molecule has 0 aromatic heterocycles. The van der Waals surface area contributed by atoms with E-state index in [1.807, 2.05) is 0 Å². The fraction of sp³-hybridized carbons (Fsp3) is 0.467. The summed E-state index contributed by atoms with van der Waals surface area (Å²) in [5.41, 5.74) is 0.596. The van der Waals surface area contributed by atoms with Gasteiger partial charge in [-0.15, -0.1) is 0 Å². The molecule has 2 aliphatic carbocycles. The summed E-state index contributed by atoms with van der Waals surface area (Å²) in [6.07, 6.45) is 2.23. The van der Waals surface area contributed by atoms with Crippen molar-refractivity contribution >= 4 is 11.9 Å². The average Bonchev–Trinajstić information content (AvgIpc) is 3.30. The SMILES string of the molecule is O=C(O)CN(C(=O)[C@H]1C[C@@H]1c1ccc(F)c(F)c1)C1CC1. The fourth-order valence-electron chi connectivity index (χ4n) is 2.71. The minimum absolute atomic E-state index is 0.0276. The normalized spacial score (nSPS) is 23.7. The number of aliphatic carboxylic acids is 1. The summed E-state index contributed by atoms with van der Waals surface area (Å²) in [6, 6.07) is 3.68. The number of halogens is 2. The number of hydrogen-bond donors (Lipinski definition) is 1. The van der Waals surface area contributed by atoms with E-state index in [1.54, 1.807) is 0 Å². The van der Waals surface area contributed by atoms with Crippen LogP contribution in [-0.4, -0.2) is 34.5 Å². The Morgan fingerprint density at radius 3 is 2.52 bits per heavy atom. The van der Waals surface area contributed by atoms with Crippen LogP contribution < -0.4 is 0 Å². The summed E-state index contributed by atoms with van der Waals surface area (Å²) >= 11 is 0. The van der Waals surface area contributed by atoms with Crippen LogP contribution in [0.5, 0.6) is 0 Å². The molecule has 21 heavy (non-hydrogen) atoms. The average molecular weight is 295 g/mol. The summed E-state index contributed by atoms with van der Waals surface area (Å²) in [4.78, 5) is 24.6. The number of carboxylic acid groups (broad SMARTS) is 1. The van der Waals surface area contributed by atoms with Gasteiger partial charge < -0.3 is 10.0 Å². The molecule has 2 saturated carbocycles. The van der Waals surface area contributed by atoms with E-state index in [2.05, 4.69) is 0 Å². The van der Waals surface area contributed by atoms with Gasteiger partial charge >= 0.3 is 5.97 Å². The third-order valence-corrected chi connectivity index (χ3v) is 4.06. The van der Waals surface area contributed by atoms with Crippen LogP contribution in [0.4, 0.5) is 8.78 Å². The number of rotatable bonds is 5. The van der Waals surface area contributed by atoms with Crippen molar-refractivity contribution in [3.8, 4) is 0 Å². The molecule has 1 aromatic carbocycles. The molecule has 0 heterocycles. The van der Waals surface area contributed by atoms with Crippen LogP contribution in [0.15, 0.2) is 18.2 Å². The van der Waals surface area contributed by atoms with E-state index < -0.39 is 17.6 Å². The molecular weight excluding hydrogens is 280 g/mol. The predicted molar refractivity (Wildman–Crippen MR) is 69.6 cm³/mol. The largest absolute Gasteiger partial charge is 0.480 e. The van der Waals surface area contributed by atoms with Gasteiger partial charge in [-0.2, -0.15) is 0 Å². The van der Waals surface area contributed by atoms with Crippen molar-refractivity contribution in [3.63, 3.8) is 0 Å². The maximum Gasteiger partial charge on any atom is 0.323 e. The Labute approximate surface area is 120 Å². The summed E-state index contributed by atoms with van der Waals surface area (Å²) in [7, 11) is 0. The molecule has 1 aromatic rings. The highest BCUT2D eigenvalue weighted by Crippen LogP contribution is 2.49.